The summed E-state index contributed by atoms with van der Waals surface area (Å²) in [5, 5.41) is 3.33. The highest BCUT2D eigenvalue weighted by molar-refractivity contribution is 6.31. The first kappa shape index (κ1) is 17.2. The monoisotopic (exact) mass is 354 g/mol. The van der Waals surface area contributed by atoms with Crippen LogP contribution in [0, 0.1) is 5.82 Å². The van der Waals surface area contributed by atoms with E-state index in [4.69, 9.17) is 23.2 Å². The molecule has 0 fully saturated rings. The van der Waals surface area contributed by atoms with Crippen LogP contribution in [-0.2, 0) is 4.79 Å². The van der Waals surface area contributed by atoms with E-state index in [-0.39, 0.29) is 17.1 Å². The maximum Gasteiger partial charge on any atom is 0.257 e. The Morgan fingerprint density at radius 1 is 1.13 bits per heavy atom. The highest BCUT2D eigenvalue weighted by Crippen LogP contribution is 2.17. The SMILES string of the molecule is CN(CC(=O)Nc1cccc(Cl)c1)C(=O)c1cc(Cl)ccc1F. The number of likely N-dealkylation sites (N-methyl/N-ethyl adjacent to an activating group) is 1. The summed E-state index contributed by atoms with van der Waals surface area (Å²) in [5.74, 6) is -1.75. The lowest BCUT2D eigenvalue weighted by Gasteiger charge is -2.17. The summed E-state index contributed by atoms with van der Waals surface area (Å²) in [5.41, 5.74) is 0.327. The normalized spacial score (nSPS) is 10.3. The summed E-state index contributed by atoms with van der Waals surface area (Å²) in [4.78, 5) is 25.2. The minimum absolute atomic E-state index is 0.185. The number of halogens is 3. The smallest absolute Gasteiger partial charge is 0.257 e. The third kappa shape index (κ3) is 4.68. The lowest BCUT2D eigenvalue weighted by atomic mass is 10.2. The molecule has 0 saturated carbocycles. The first-order chi connectivity index (χ1) is 10.9. The van der Waals surface area contributed by atoms with E-state index in [1.807, 2.05) is 0 Å². The van der Waals surface area contributed by atoms with Crippen molar-refractivity contribution in [3.05, 3.63) is 63.9 Å². The lowest BCUT2D eigenvalue weighted by molar-refractivity contribution is -0.116. The zero-order chi connectivity index (χ0) is 17.0. The van der Waals surface area contributed by atoms with Crippen molar-refractivity contribution in [2.45, 2.75) is 0 Å². The second-order valence-electron chi connectivity index (χ2n) is 4.84. The highest BCUT2D eigenvalue weighted by atomic mass is 35.5. The van der Waals surface area contributed by atoms with E-state index in [2.05, 4.69) is 5.32 Å². The summed E-state index contributed by atoms with van der Waals surface area (Å²) in [6.45, 7) is -0.239. The molecule has 1 N–H and O–H groups in total. The molecule has 0 aliphatic rings. The molecule has 0 saturated heterocycles. The van der Waals surface area contributed by atoms with Gasteiger partial charge in [-0.3, -0.25) is 9.59 Å². The first-order valence-corrected chi connectivity index (χ1v) is 7.38. The van der Waals surface area contributed by atoms with Crippen molar-refractivity contribution in [2.24, 2.45) is 0 Å². The fourth-order valence-electron chi connectivity index (χ4n) is 1.92. The Labute approximate surface area is 142 Å². The second kappa shape index (κ2) is 7.44. The van der Waals surface area contributed by atoms with Gasteiger partial charge < -0.3 is 10.2 Å². The largest absolute Gasteiger partial charge is 0.332 e. The van der Waals surface area contributed by atoms with Crippen LogP contribution in [0.1, 0.15) is 10.4 Å². The van der Waals surface area contributed by atoms with E-state index >= 15 is 0 Å². The molecule has 2 aromatic carbocycles. The number of hydrogen-bond acceptors (Lipinski definition) is 2. The predicted octanol–water partition coefficient (Wildman–Crippen LogP) is 3.84. The molecule has 2 amide bonds. The zero-order valence-corrected chi connectivity index (χ0v) is 13.7. The molecule has 7 heteroatoms. The number of amides is 2. The van der Waals surface area contributed by atoms with E-state index in [9.17, 15) is 14.0 Å². The number of anilines is 1. The average molecular weight is 355 g/mol. The van der Waals surface area contributed by atoms with Crippen molar-refractivity contribution in [3.63, 3.8) is 0 Å². The van der Waals surface area contributed by atoms with E-state index in [0.717, 1.165) is 11.0 Å². The van der Waals surface area contributed by atoms with Crippen molar-refractivity contribution in [1.82, 2.24) is 4.90 Å². The fraction of sp³-hybridized carbons (Fsp3) is 0.125. The molecule has 2 aromatic rings. The van der Waals surface area contributed by atoms with Gasteiger partial charge in [-0.25, -0.2) is 4.39 Å². The maximum atomic E-state index is 13.7. The number of benzene rings is 2. The highest BCUT2D eigenvalue weighted by Gasteiger charge is 2.19. The van der Waals surface area contributed by atoms with Gasteiger partial charge in [0.25, 0.3) is 5.91 Å². The van der Waals surface area contributed by atoms with Gasteiger partial charge in [0.05, 0.1) is 12.1 Å². The van der Waals surface area contributed by atoms with Crippen molar-refractivity contribution in [1.29, 1.82) is 0 Å². The van der Waals surface area contributed by atoms with Crippen molar-refractivity contribution < 1.29 is 14.0 Å². The lowest BCUT2D eigenvalue weighted by Crippen LogP contribution is -2.35. The maximum absolute atomic E-state index is 13.7. The van der Waals surface area contributed by atoms with Crippen LogP contribution in [0.25, 0.3) is 0 Å². The van der Waals surface area contributed by atoms with E-state index in [0.29, 0.717) is 10.7 Å². The van der Waals surface area contributed by atoms with E-state index in [1.165, 1.54) is 19.2 Å². The molecule has 0 unspecified atom stereocenters. The van der Waals surface area contributed by atoms with Gasteiger partial charge in [0.15, 0.2) is 0 Å². The molecule has 23 heavy (non-hydrogen) atoms. The van der Waals surface area contributed by atoms with Gasteiger partial charge in [-0.05, 0) is 36.4 Å². The predicted molar refractivity (Wildman–Crippen MR) is 88.5 cm³/mol. The molecule has 120 valence electrons. The molecular weight excluding hydrogens is 342 g/mol. The molecule has 0 aliphatic heterocycles. The van der Waals surface area contributed by atoms with Gasteiger partial charge in [-0.1, -0.05) is 29.3 Å². The molecule has 0 heterocycles. The number of carbonyl (C=O) groups excluding carboxylic acids is 2. The van der Waals surface area contributed by atoms with Crippen LogP contribution in [0.4, 0.5) is 10.1 Å². The molecule has 0 spiro atoms. The Morgan fingerprint density at radius 3 is 2.52 bits per heavy atom. The van der Waals surface area contributed by atoms with Gasteiger partial charge in [-0.2, -0.15) is 0 Å². The molecular formula is C16H13Cl2FN2O2. The number of rotatable bonds is 4. The van der Waals surface area contributed by atoms with Gasteiger partial charge in [0.2, 0.25) is 5.91 Å². The van der Waals surface area contributed by atoms with Crippen LogP contribution in [0.15, 0.2) is 42.5 Å². The van der Waals surface area contributed by atoms with Gasteiger partial charge >= 0.3 is 0 Å². The molecule has 2 rings (SSSR count). The van der Waals surface area contributed by atoms with E-state index in [1.54, 1.807) is 24.3 Å². The minimum atomic E-state index is -0.693. The van der Waals surface area contributed by atoms with Crippen molar-refractivity contribution >= 4 is 40.7 Å². The van der Waals surface area contributed by atoms with Crippen LogP contribution in [0.2, 0.25) is 10.0 Å². The molecule has 0 aliphatic carbocycles. The van der Waals surface area contributed by atoms with Gasteiger partial charge in [0, 0.05) is 22.8 Å². The fourth-order valence-corrected chi connectivity index (χ4v) is 2.28. The summed E-state index contributed by atoms with van der Waals surface area (Å²) < 4.78 is 13.7. The first-order valence-electron chi connectivity index (χ1n) is 6.63. The Balaban J connectivity index is 2.03. The molecule has 0 radical (unpaired) electrons. The Kier molecular flexibility index (Phi) is 5.58. The standard InChI is InChI=1S/C16H13Cl2FN2O2/c1-21(16(23)13-8-11(18)5-6-14(13)19)9-15(22)20-12-4-2-3-10(17)7-12/h2-8H,9H2,1H3,(H,20,22). The quantitative estimate of drug-likeness (QED) is 0.906. The summed E-state index contributed by atoms with van der Waals surface area (Å²) in [7, 11) is 1.40. The molecule has 4 nitrogen and oxygen atoms in total. The second-order valence-corrected chi connectivity index (χ2v) is 5.72. The van der Waals surface area contributed by atoms with Crippen LogP contribution in [-0.4, -0.2) is 30.3 Å². The number of carbonyl (C=O) groups is 2. The minimum Gasteiger partial charge on any atom is -0.332 e. The Bertz CT molecular complexity index is 753. The average Bonchev–Trinajstić information content (AvgIpc) is 2.48. The van der Waals surface area contributed by atoms with Crippen molar-refractivity contribution in [2.75, 3.05) is 18.9 Å². The van der Waals surface area contributed by atoms with Gasteiger partial charge in [0.1, 0.15) is 5.82 Å². The van der Waals surface area contributed by atoms with Gasteiger partial charge in [-0.15, -0.1) is 0 Å². The third-order valence-corrected chi connectivity index (χ3v) is 3.46. The van der Waals surface area contributed by atoms with Crippen LogP contribution in [0.3, 0.4) is 0 Å². The summed E-state index contributed by atoms with van der Waals surface area (Å²) in [6, 6.07) is 10.3. The van der Waals surface area contributed by atoms with Crippen LogP contribution in [0.5, 0.6) is 0 Å². The molecule has 0 bridgehead atoms. The number of nitrogens with zero attached hydrogens (tertiary/aromatic N) is 1. The van der Waals surface area contributed by atoms with Crippen molar-refractivity contribution in [3.8, 4) is 0 Å². The Hall–Kier alpha value is -2.11. The topological polar surface area (TPSA) is 49.4 Å². The molecule has 0 aromatic heterocycles. The van der Waals surface area contributed by atoms with Crippen LogP contribution < -0.4 is 5.32 Å². The number of nitrogens with one attached hydrogen (secondary N) is 1. The molecule has 0 atom stereocenters. The zero-order valence-electron chi connectivity index (χ0n) is 12.1. The Morgan fingerprint density at radius 2 is 1.83 bits per heavy atom. The summed E-state index contributed by atoms with van der Waals surface area (Å²) >= 11 is 11.6. The van der Waals surface area contributed by atoms with E-state index < -0.39 is 17.6 Å². The summed E-state index contributed by atoms with van der Waals surface area (Å²) in [6.07, 6.45) is 0. The van der Waals surface area contributed by atoms with Crippen LogP contribution >= 0.6 is 23.2 Å². The third-order valence-electron chi connectivity index (χ3n) is 2.99. The number of hydrogen-bond donors (Lipinski definition) is 1.